The summed E-state index contributed by atoms with van der Waals surface area (Å²) in [6.07, 6.45) is 9.61. The normalized spacial score (nSPS) is 17.6. The monoisotopic (exact) mass is 349 g/mol. The van der Waals surface area contributed by atoms with Crippen molar-refractivity contribution in [3.05, 3.63) is 39.1 Å². The smallest absolute Gasteiger partial charge is 0.0963 e. The van der Waals surface area contributed by atoms with Crippen molar-refractivity contribution >= 4 is 27.3 Å². The minimum atomic E-state index is 0.691. The average Bonchev–Trinajstić information content (AvgIpc) is 2.88. The van der Waals surface area contributed by atoms with E-state index in [9.17, 15) is 0 Å². The SMILES string of the molecule is Brc1ccccc1-c1csc(C2CCCCCCC2)n1. The van der Waals surface area contributed by atoms with Gasteiger partial charge in [0.05, 0.1) is 10.7 Å². The van der Waals surface area contributed by atoms with Crippen LogP contribution in [0.4, 0.5) is 0 Å². The van der Waals surface area contributed by atoms with Crippen LogP contribution in [0.5, 0.6) is 0 Å². The van der Waals surface area contributed by atoms with E-state index in [1.54, 1.807) is 0 Å². The molecule has 0 unspecified atom stereocenters. The zero-order valence-electron chi connectivity index (χ0n) is 11.6. The molecule has 0 spiro atoms. The number of aromatic nitrogens is 1. The summed E-state index contributed by atoms with van der Waals surface area (Å²) in [5, 5.41) is 3.56. The summed E-state index contributed by atoms with van der Waals surface area (Å²) in [6, 6.07) is 8.36. The van der Waals surface area contributed by atoms with E-state index >= 15 is 0 Å². The van der Waals surface area contributed by atoms with E-state index < -0.39 is 0 Å². The molecule has 1 aromatic heterocycles. The first-order chi connectivity index (χ1) is 9.84. The van der Waals surface area contributed by atoms with E-state index in [2.05, 4.69) is 45.6 Å². The molecule has 106 valence electrons. The molecule has 1 heterocycles. The molecule has 0 bridgehead atoms. The van der Waals surface area contributed by atoms with E-state index in [-0.39, 0.29) is 0 Å². The Morgan fingerprint density at radius 2 is 1.70 bits per heavy atom. The lowest BCUT2D eigenvalue weighted by molar-refractivity contribution is 0.454. The molecule has 0 amide bonds. The third-order valence-electron chi connectivity index (χ3n) is 4.13. The fraction of sp³-hybridized carbons (Fsp3) is 0.471. The van der Waals surface area contributed by atoms with E-state index in [1.807, 2.05) is 11.3 Å². The highest BCUT2D eigenvalue weighted by Crippen LogP contribution is 2.36. The van der Waals surface area contributed by atoms with Crippen molar-refractivity contribution in [1.29, 1.82) is 0 Å². The van der Waals surface area contributed by atoms with Gasteiger partial charge in [-0.2, -0.15) is 0 Å². The van der Waals surface area contributed by atoms with Crippen LogP contribution in [0.1, 0.15) is 55.9 Å². The van der Waals surface area contributed by atoms with E-state index in [4.69, 9.17) is 4.98 Å². The Labute approximate surface area is 133 Å². The average molecular weight is 350 g/mol. The fourth-order valence-electron chi connectivity index (χ4n) is 2.97. The molecule has 3 rings (SSSR count). The molecule has 0 aliphatic heterocycles. The lowest BCUT2D eigenvalue weighted by Gasteiger charge is -2.17. The van der Waals surface area contributed by atoms with Gasteiger partial charge in [0.2, 0.25) is 0 Å². The Bertz CT molecular complexity index is 556. The number of hydrogen-bond acceptors (Lipinski definition) is 2. The van der Waals surface area contributed by atoms with Crippen molar-refractivity contribution in [2.45, 2.75) is 50.9 Å². The molecule has 0 radical (unpaired) electrons. The number of thiazole rings is 1. The van der Waals surface area contributed by atoms with Gasteiger partial charge in [0, 0.05) is 21.3 Å². The lowest BCUT2D eigenvalue weighted by atomic mass is 9.92. The van der Waals surface area contributed by atoms with Crippen molar-refractivity contribution in [1.82, 2.24) is 4.98 Å². The highest BCUT2D eigenvalue weighted by Gasteiger charge is 2.17. The molecule has 1 fully saturated rings. The van der Waals surface area contributed by atoms with Gasteiger partial charge >= 0.3 is 0 Å². The van der Waals surface area contributed by atoms with Crippen molar-refractivity contribution in [2.75, 3.05) is 0 Å². The minimum Gasteiger partial charge on any atom is -0.241 e. The summed E-state index contributed by atoms with van der Waals surface area (Å²) in [7, 11) is 0. The van der Waals surface area contributed by atoms with Crippen LogP contribution in [0, 0.1) is 0 Å². The van der Waals surface area contributed by atoms with Crippen LogP contribution in [-0.2, 0) is 0 Å². The molecule has 1 aliphatic rings. The van der Waals surface area contributed by atoms with Gasteiger partial charge in [-0.25, -0.2) is 4.98 Å². The molecule has 3 heteroatoms. The number of halogens is 1. The summed E-state index contributed by atoms with van der Waals surface area (Å²) >= 11 is 5.47. The molecule has 1 aromatic carbocycles. The maximum Gasteiger partial charge on any atom is 0.0963 e. The largest absolute Gasteiger partial charge is 0.241 e. The third-order valence-corrected chi connectivity index (χ3v) is 5.82. The van der Waals surface area contributed by atoms with Crippen LogP contribution < -0.4 is 0 Å². The fourth-order valence-corrected chi connectivity index (χ4v) is 4.45. The summed E-state index contributed by atoms with van der Waals surface area (Å²) in [4.78, 5) is 4.93. The molecular weight excluding hydrogens is 330 g/mol. The Hall–Kier alpha value is -0.670. The predicted octanol–water partition coefficient (Wildman–Crippen LogP) is 6.40. The van der Waals surface area contributed by atoms with Crippen LogP contribution in [-0.4, -0.2) is 4.98 Å². The van der Waals surface area contributed by atoms with Gasteiger partial charge in [0.15, 0.2) is 0 Å². The van der Waals surface area contributed by atoms with Crippen molar-refractivity contribution in [3.8, 4) is 11.3 Å². The van der Waals surface area contributed by atoms with E-state index in [0.29, 0.717) is 5.92 Å². The number of hydrogen-bond donors (Lipinski definition) is 0. The van der Waals surface area contributed by atoms with Gasteiger partial charge in [0.25, 0.3) is 0 Å². The zero-order chi connectivity index (χ0) is 13.8. The van der Waals surface area contributed by atoms with Gasteiger partial charge in [-0.3, -0.25) is 0 Å². The summed E-state index contributed by atoms with van der Waals surface area (Å²) in [6.45, 7) is 0. The lowest BCUT2D eigenvalue weighted by Crippen LogP contribution is -2.01. The Kier molecular flexibility index (Phi) is 4.90. The minimum absolute atomic E-state index is 0.691. The molecule has 1 saturated carbocycles. The second kappa shape index (κ2) is 6.86. The van der Waals surface area contributed by atoms with E-state index in [0.717, 1.165) is 10.2 Å². The van der Waals surface area contributed by atoms with Gasteiger partial charge in [0.1, 0.15) is 0 Å². The van der Waals surface area contributed by atoms with Crippen molar-refractivity contribution in [2.24, 2.45) is 0 Å². The second-order valence-electron chi connectivity index (χ2n) is 5.59. The topological polar surface area (TPSA) is 12.9 Å². The van der Waals surface area contributed by atoms with E-state index in [1.165, 1.54) is 55.5 Å². The molecule has 2 aromatic rings. The molecule has 0 N–H and O–H groups in total. The highest BCUT2D eigenvalue weighted by atomic mass is 79.9. The van der Waals surface area contributed by atoms with Gasteiger partial charge in [-0.05, 0) is 18.9 Å². The van der Waals surface area contributed by atoms with Crippen LogP contribution in [0.25, 0.3) is 11.3 Å². The second-order valence-corrected chi connectivity index (χ2v) is 7.34. The molecule has 20 heavy (non-hydrogen) atoms. The highest BCUT2D eigenvalue weighted by molar-refractivity contribution is 9.10. The maximum atomic E-state index is 4.93. The standard InChI is InChI=1S/C17H20BrNS/c18-15-11-7-6-10-14(15)16-12-20-17(19-16)13-8-4-2-1-3-5-9-13/h6-7,10-13H,1-5,8-9H2. The number of nitrogens with zero attached hydrogens (tertiary/aromatic N) is 1. The molecular formula is C17H20BrNS. The Balaban J connectivity index is 1.80. The van der Waals surface area contributed by atoms with Gasteiger partial charge < -0.3 is 0 Å². The molecule has 0 saturated heterocycles. The van der Waals surface area contributed by atoms with Crippen molar-refractivity contribution in [3.63, 3.8) is 0 Å². The summed E-state index contributed by atoms with van der Waals surface area (Å²) in [5.74, 6) is 0.691. The van der Waals surface area contributed by atoms with Crippen LogP contribution in [0.2, 0.25) is 0 Å². The Morgan fingerprint density at radius 3 is 2.45 bits per heavy atom. The van der Waals surface area contributed by atoms with Gasteiger partial charge in [-0.15, -0.1) is 11.3 Å². The van der Waals surface area contributed by atoms with Crippen LogP contribution in [0.15, 0.2) is 34.1 Å². The first-order valence-corrected chi connectivity index (χ1v) is 9.22. The van der Waals surface area contributed by atoms with Gasteiger partial charge in [-0.1, -0.05) is 66.2 Å². The molecule has 0 atom stereocenters. The van der Waals surface area contributed by atoms with Crippen molar-refractivity contribution < 1.29 is 0 Å². The summed E-state index contributed by atoms with van der Waals surface area (Å²) in [5.41, 5.74) is 2.33. The van der Waals surface area contributed by atoms with Crippen LogP contribution in [0.3, 0.4) is 0 Å². The first kappa shape index (κ1) is 14.3. The molecule has 1 aliphatic carbocycles. The quantitative estimate of drug-likeness (QED) is 0.611. The third kappa shape index (κ3) is 3.32. The predicted molar refractivity (Wildman–Crippen MR) is 90.3 cm³/mol. The molecule has 1 nitrogen and oxygen atoms in total. The number of benzene rings is 1. The Morgan fingerprint density at radius 1 is 1.00 bits per heavy atom. The maximum absolute atomic E-state index is 4.93. The van der Waals surface area contributed by atoms with Crippen LogP contribution >= 0.6 is 27.3 Å². The number of rotatable bonds is 2. The zero-order valence-corrected chi connectivity index (χ0v) is 14.0. The first-order valence-electron chi connectivity index (χ1n) is 7.55. The summed E-state index contributed by atoms with van der Waals surface area (Å²) < 4.78 is 1.13.